The molecule has 1 fully saturated rings. The lowest BCUT2D eigenvalue weighted by molar-refractivity contribution is 0.210. The largest absolute Gasteiger partial charge is 0.493 e. The smallest absolute Gasteiger partial charge is 0.229 e. The van der Waals surface area contributed by atoms with Crippen LogP contribution < -0.4 is 24.3 Å². The van der Waals surface area contributed by atoms with Crippen molar-refractivity contribution in [1.29, 1.82) is 0 Å². The van der Waals surface area contributed by atoms with Crippen molar-refractivity contribution in [3.8, 4) is 23.3 Å². The number of piperidine rings is 1. The number of halogens is 1. The molecular weight excluding hydrogens is 464 g/mol. The molecule has 9 heteroatoms. The van der Waals surface area contributed by atoms with E-state index in [1.165, 1.54) is 5.56 Å². The van der Waals surface area contributed by atoms with Gasteiger partial charge >= 0.3 is 0 Å². The van der Waals surface area contributed by atoms with Gasteiger partial charge < -0.3 is 24.3 Å². The lowest BCUT2D eigenvalue weighted by atomic mass is 10.0. The predicted molar refractivity (Wildman–Crippen MR) is 124 cm³/mol. The molecule has 0 saturated carbocycles. The van der Waals surface area contributed by atoms with Gasteiger partial charge in [0.15, 0.2) is 0 Å². The van der Waals surface area contributed by atoms with Gasteiger partial charge in [-0.15, -0.1) is 0 Å². The quantitative estimate of drug-likeness (QED) is 0.528. The van der Waals surface area contributed by atoms with Gasteiger partial charge in [0.2, 0.25) is 17.7 Å². The molecule has 1 aliphatic rings. The molecule has 1 aromatic carbocycles. The van der Waals surface area contributed by atoms with Crippen LogP contribution >= 0.6 is 15.9 Å². The van der Waals surface area contributed by atoms with Crippen molar-refractivity contribution in [3.05, 3.63) is 28.2 Å². The maximum atomic E-state index is 5.78. The zero-order chi connectivity index (χ0) is 22.2. The molecule has 0 aliphatic carbocycles. The molecule has 31 heavy (non-hydrogen) atoms. The third-order valence-electron chi connectivity index (χ3n) is 5.09. The van der Waals surface area contributed by atoms with Crippen LogP contribution in [0.1, 0.15) is 32.3 Å². The molecule has 0 amide bonds. The minimum Gasteiger partial charge on any atom is -0.493 e. The summed E-state index contributed by atoms with van der Waals surface area (Å²) in [6, 6.07) is 6.16. The van der Waals surface area contributed by atoms with Crippen molar-refractivity contribution in [2.24, 2.45) is 0 Å². The Balaban J connectivity index is 1.60. The maximum Gasteiger partial charge on any atom is 0.229 e. The summed E-state index contributed by atoms with van der Waals surface area (Å²) >= 11 is 3.60. The monoisotopic (exact) mass is 494 g/mol. The van der Waals surface area contributed by atoms with Gasteiger partial charge in [-0.2, -0.15) is 9.97 Å². The Bertz CT molecular complexity index is 810. The van der Waals surface area contributed by atoms with E-state index in [0.717, 1.165) is 48.4 Å². The Labute approximate surface area is 192 Å². The number of likely N-dealkylation sites (tertiary alicyclic amines) is 1. The van der Waals surface area contributed by atoms with E-state index in [-0.39, 0.29) is 0 Å². The number of hydrogen-bond acceptors (Lipinski definition) is 8. The summed E-state index contributed by atoms with van der Waals surface area (Å²) < 4.78 is 22.9. The number of nitrogens with zero attached hydrogens (tertiary/aromatic N) is 3. The predicted octanol–water partition coefficient (Wildman–Crippen LogP) is 4.13. The molecule has 2 heterocycles. The van der Waals surface area contributed by atoms with E-state index >= 15 is 0 Å². The first-order chi connectivity index (χ1) is 15.1. The zero-order valence-corrected chi connectivity index (χ0v) is 20.2. The first-order valence-corrected chi connectivity index (χ1v) is 11.4. The van der Waals surface area contributed by atoms with Crippen molar-refractivity contribution in [1.82, 2.24) is 14.9 Å². The summed E-state index contributed by atoms with van der Waals surface area (Å²) in [6.45, 7) is 8.00. The number of benzene rings is 1. The summed E-state index contributed by atoms with van der Waals surface area (Å²) in [4.78, 5) is 11.2. The zero-order valence-electron chi connectivity index (χ0n) is 18.6. The fourth-order valence-corrected chi connectivity index (χ4v) is 4.05. The maximum absolute atomic E-state index is 5.78. The van der Waals surface area contributed by atoms with Gasteiger partial charge in [-0.25, -0.2) is 0 Å². The van der Waals surface area contributed by atoms with Gasteiger partial charge in [-0.3, -0.25) is 4.90 Å². The normalized spacial score (nSPS) is 14.9. The fraction of sp³-hybridized carbons (Fsp3) is 0.545. The number of anilines is 1. The first kappa shape index (κ1) is 23.4. The Morgan fingerprint density at radius 3 is 2.00 bits per heavy atom. The lowest BCUT2D eigenvalue weighted by Gasteiger charge is -2.32. The highest BCUT2D eigenvalue weighted by Gasteiger charge is 2.21. The number of nitrogens with one attached hydrogen (secondary N) is 1. The van der Waals surface area contributed by atoms with Gasteiger partial charge in [0, 0.05) is 25.7 Å². The molecule has 1 aromatic heterocycles. The minimum absolute atomic E-state index is 0.302. The third kappa shape index (κ3) is 6.36. The standard InChI is InChI=1S/C22H31BrN4O4/c1-5-30-17-11-15(12-18(21(17)23)31-6-2)14-27-9-7-16(8-10-27)24-22-25-19(28-3)13-20(26-22)29-4/h11-13,16H,5-10,14H2,1-4H3,(H,24,25,26). The van der Waals surface area contributed by atoms with Crippen LogP contribution in [-0.4, -0.2) is 61.4 Å². The van der Waals surface area contributed by atoms with Gasteiger partial charge in [-0.1, -0.05) is 0 Å². The van der Waals surface area contributed by atoms with Gasteiger partial charge in [0.05, 0.1) is 33.5 Å². The summed E-state index contributed by atoms with van der Waals surface area (Å²) in [6.07, 6.45) is 1.99. The molecule has 3 rings (SSSR count). The van der Waals surface area contributed by atoms with Gasteiger partial charge in [0.1, 0.15) is 16.0 Å². The molecule has 2 aromatic rings. The highest BCUT2D eigenvalue weighted by atomic mass is 79.9. The van der Waals surface area contributed by atoms with Gasteiger partial charge in [-0.05, 0) is 60.3 Å². The molecule has 170 valence electrons. The average molecular weight is 495 g/mol. The van der Waals surface area contributed by atoms with Crippen LogP contribution in [0.5, 0.6) is 23.3 Å². The van der Waals surface area contributed by atoms with E-state index in [2.05, 4.69) is 48.2 Å². The topological polar surface area (TPSA) is 78.0 Å². The number of hydrogen-bond donors (Lipinski definition) is 1. The van der Waals surface area contributed by atoms with E-state index in [1.54, 1.807) is 20.3 Å². The second-order valence-electron chi connectivity index (χ2n) is 7.24. The second kappa shape index (κ2) is 11.4. The minimum atomic E-state index is 0.302. The average Bonchev–Trinajstić information content (AvgIpc) is 2.78. The SMILES string of the molecule is CCOc1cc(CN2CCC(Nc3nc(OC)cc(OC)n3)CC2)cc(OCC)c1Br. The van der Waals surface area contributed by atoms with Crippen molar-refractivity contribution in [3.63, 3.8) is 0 Å². The third-order valence-corrected chi connectivity index (χ3v) is 5.87. The molecule has 1 aliphatic heterocycles. The van der Waals surface area contributed by atoms with E-state index in [4.69, 9.17) is 18.9 Å². The van der Waals surface area contributed by atoms with Crippen molar-refractivity contribution in [2.45, 2.75) is 39.3 Å². The Morgan fingerprint density at radius 2 is 1.52 bits per heavy atom. The first-order valence-electron chi connectivity index (χ1n) is 10.6. The Hall–Kier alpha value is -2.26. The molecular formula is C22H31BrN4O4. The molecule has 0 atom stereocenters. The van der Waals surface area contributed by atoms with Crippen molar-refractivity contribution >= 4 is 21.9 Å². The van der Waals surface area contributed by atoms with Crippen LogP contribution in [0.3, 0.4) is 0 Å². The second-order valence-corrected chi connectivity index (χ2v) is 8.04. The Morgan fingerprint density at radius 1 is 0.968 bits per heavy atom. The number of aromatic nitrogens is 2. The van der Waals surface area contributed by atoms with Crippen LogP contribution in [0.15, 0.2) is 22.7 Å². The molecule has 0 bridgehead atoms. The van der Waals surface area contributed by atoms with Crippen LogP contribution in [0.4, 0.5) is 5.95 Å². The fourth-order valence-electron chi connectivity index (χ4n) is 3.59. The molecule has 8 nitrogen and oxygen atoms in total. The van der Waals surface area contributed by atoms with E-state index in [1.807, 2.05) is 13.8 Å². The highest BCUT2D eigenvalue weighted by molar-refractivity contribution is 9.10. The molecule has 0 spiro atoms. The molecule has 1 N–H and O–H groups in total. The van der Waals surface area contributed by atoms with E-state index < -0.39 is 0 Å². The van der Waals surface area contributed by atoms with Crippen LogP contribution in [-0.2, 0) is 6.54 Å². The van der Waals surface area contributed by atoms with E-state index in [9.17, 15) is 0 Å². The number of ether oxygens (including phenoxy) is 4. The Kier molecular flexibility index (Phi) is 8.60. The van der Waals surface area contributed by atoms with Crippen LogP contribution in [0, 0.1) is 0 Å². The number of methoxy groups -OCH3 is 2. The van der Waals surface area contributed by atoms with Crippen molar-refractivity contribution < 1.29 is 18.9 Å². The molecule has 1 saturated heterocycles. The van der Waals surface area contributed by atoms with Crippen molar-refractivity contribution in [2.75, 3.05) is 45.8 Å². The summed E-state index contributed by atoms with van der Waals surface area (Å²) in [5, 5.41) is 3.42. The van der Waals surface area contributed by atoms with Gasteiger partial charge in [0.25, 0.3) is 0 Å². The summed E-state index contributed by atoms with van der Waals surface area (Å²) in [5.41, 5.74) is 1.18. The molecule has 0 radical (unpaired) electrons. The lowest BCUT2D eigenvalue weighted by Crippen LogP contribution is -2.39. The van der Waals surface area contributed by atoms with E-state index in [0.29, 0.717) is 37.0 Å². The van der Waals surface area contributed by atoms with Crippen LogP contribution in [0.2, 0.25) is 0 Å². The van der Waals surface area contributed by atoms with Crippen LogP contribution in [0.25, 0.3) is 0 Å². The molecule has 0 unspecified atom stereocenters. The highest BCUT2D eigenvalue weighted by Crippen LogP contribution is 2.36. The number of rotatable bonds is 10. The summed E-state index contributed by atoms with van der Waals surface area (Å²) in [5.74, 6) is 3.15. The summed E-state index contributed by atoms with van der Waals surface area (Å²) in [7, 11) is 3.17.